The van der Waals surface area contributed by atoms with Gasteiger partial charge in [0.2, 0.25) is 5.91 Å². The summed E-state index contributed by atoms with van der Waals surface area (Å²) in [6.45, 7) is 2.01. The van der Waals surface area contributed by atoms with Gasteiger partial charge in [-0.05, 0) is 48.2 Å². The maximum Gasteiger partial charge on any atom is 0.240 e. The number of allylic oxidation sites excluding steroid dienone is 2. The van der Waals surface area contributed by atoms with Crippen molar-refractivity contribution in [2.75, 3.05) is 12.4 Å². The Bertz CT molecular complexity index is 1040. The lowest BCUT2D eigenvalue weighted by Gasteiger charge is -2.22. The van der Waals surface area contributed by atoms with Crippen LogP contribution in [0.5, 0.6) is 5.75 Å². The van der Waals surface area contributed by atoms with E-state index in [4.69, 9.17) is 4.74 Å². The topological polar surface area (TPSA) is 79.8 Å². The summed E-state index contributed by atoms with van der Waals surface area (Å²) >= 11 is 0. The lowest BCUT2D eigenvalue weighted by molar-refractivity contribution is -0.122. The summed E-state index contributed by atoms with van der Waals surface area (Å²) < 4.78 is 5.23. The summed E-state index contributed by atoms with van der Waals surface area (Å²) in [6, 6.07) is 15.9. The van der Waals surface area contributed by atoms with Gasteiger partial charge in [-0.15, -0.1) is 0 Å². The van der Waals surface area contributed by atoms with Crippen LogP contribution in [0.1, 0.15) is 43.7 Å². The van der Waals surface area contributed by atoms with Gasteiger partial charge in [0.1, 0.15) is 5.75 Å². The van der Waals surface area contributed by atoms with Gasteiger partial charge in [0.25, 0.3) is 0 Å². The fraction of sp³-hybridized carbons (Fsp3) is 0.320. The maximum absolute atomic E-state index is 12.7. The van der Waals surface area contributed by atoms with Gasteiger partial charge < -0.3 is 10.1 Å². The van der Waals surface area contributed by atoms with Crippen molar-refractivity contribution in [2.45, 2.75) is 39.0 Å². The Morgan fingerprint density at radius 1 is 1.06 bits per heavy atom. The number of hydrogen-bond acceptors (Lipinski definition) is 5. The fourth-order valence-electron chi connectivity index (χ4n) is 4.09. The molecule has 0 bridgehead atoms. The average Bonchev–Trinajstić information content (AvgIpc) is 2.77. The number of hydrogen-bond donors (Lipinski definition) is 2. The van der Waals surface area contributed by atoms with Crippen molar-refractivity contribution in [3.8, 4) is 5.75 Å². The van der Waals surface area contributed by atoms with Gasteiger partial charge in [-0.25, -0.2) is 5.43 Å². The molecule has 1 aliphatic carbocycles. The lowest BCUT2D eigenvalue weighted by Crippen LogP contribution is -2.31. The molecule has 1 unspecified atom stereocenters. The van der Waals surface area contributed by atoms with Crippen molar-refractivity contribution in [1.82, 2.24) is 5.43 Å². The van der Waals surface area contributed by atoms with Crippen LogP contribution in [0.3, 0.4) is 0 Å². The van der Waals surface area contributed by atoms with Crippen LogP contribution in [0.15, 0.2) is 64.9 Å². The minimum absolute atomic E-state index is 0.0483. The molecule has 0 radical (unpaired) electrons. The molecule has 1 atom stereocenters. The molecule has 4 rings (SSSR count). The van der Waals surface area contributed by atoms with E-state index < -0.39 is 0 Å². The van der Waals surface area contributed by atoms with E-state index in [1.165, 1.54) is 0 Å². The number of nitrogens with one attached hydrogen (secondary N) is 2. The number of ether oxygens (including phenoxy) is 1. The van der Waals surface area contributed by atoms with Gasteiger partial charge in [0.15, 0.2) is 5.78 Å². The van der Waals surface area contributed by atoms with Gasteiger partial charge in [-0.3, -0.25) is 9.59 Å². The molecule has 0 spiro atoms. The van der Waals surface area contributed by atoms with E-state index in [-0.39, 0.29) is 17.6 Å². The van der Waals surface area contributed by atoms with E-state index in [0.29, 0.717) is 19.3 Å². The molecule has 6 heteroatoms. The zero-order valence-corrected chi connectivity index (χ0v) is 17.9. The highest BCUT2D eigenvalue weighted by molar-refractivity contribution is 6.05. The second-order valence-electron chi connectivity index (χ2n) is 8.10. The van der Waals surface area contributed by atoms with Gasteiger partial charge in [0.05, 0.1) is 12.8 Å². The molecule has 0 saturated carbocycles. The predicted octanol–water partition coefficient (Wildman–Crippen LogP) is 4.22. The largest absolute Gasteiger partial charge is 0.497 e. The quantitative estimate of drug-likeness (QED) is 0.738. The second kappa shape index (κ2) is 9.16. The number of methoxy groups -OCH3 is 1. The number of anilines is 1. The normalized spacial score (nSPS) is 19.0. The molecule has 2 aromatic rings. The Morgan fingerprint density at radius 2 is 1.81 bits per heavy atom. The number of hydrazone groups is 1. The van der Waals surface area contributed by atoms with Gasteiger partial charge >= 0.3 is 0 Å². The van der Waals surface area contributed by atoms with Crippen LogP contribution in [-0.4, -0.2) is 24.5 Å². The third-order valence-corrected chi connectivity index (χ3v) is 5.81. The predicted molar refractivity (Wildman–Crippen MR) is 121 cm³/mol. The summed E-state index contributed by atoms with van der Waals surface area (Å²) in [5.74, 6) is 1.06. The third kappa shape index (κ3) is 4.85. The number of carbonyl (C=O) groups excluding carboxylic acids is 2. The summed E-state index contributed by atoms with van der Waals surface area (Å²) in [6.07, 6.45) is 3.37. The van der Waals surface area contributed by atoms with Gasteiger partial charge in [-0.1, -0.05) is 31.2 Å². The molecule has 0 aromatic heterocycles. The van der Waals surface area contributed by atoms with Crippen LogP contribution in [-0.2, 0) is 16.0 Å². The zero-order valence-electron chi connectivity index (χ0n) is 17.9. The molecule has 2 N–H and O–H groups in total. The Hall–Kier alpha value is -3.41. The monoisotopic (exact) mass is 417 g/mol. The van der Waals surface area contributed by atoms with Gasteiger partial charge in [-0.2, -0.15) is 5.10 Å². The van der Waals surface area contributed by atoms with Crippen LogP contribution in [0.2, 0.25) is 0 Å². The van der Waals surface area contributed by atoms with E-state index in [0.717, 1.165) is 52.4 Å². The van der Waals surface area contributed by atoms with Crippen LogP contribution in [0.4, 0.5) is 5.69 Å². The molecule has 2 aliphatic rings. The molecule has 1 aliphatic heterocycles. The molecular formula is C25H27N3O3. The molecule has 0 fully saturated rings. The van der Waals surface area contributed by atoms with Crippen LogP contribution in [0.25, 0.3) is 0 Å². The number of ketones is 1. The number of rotatable bonds is 6. The summed E-state index contributed by atoms with van der Waals surface area (Å²) in [5.41, 5.74) is 8.32. The number of carbonyl (C=O) groups is 2. The number of amides is 1. The molecule has 1 heterocycles. The van der Waals surface area contributed by atoms with Crippen molar-refractivity contribution in [2.24, 2.45) is 11.0 Å². The number of benzene rings is 2. The first kappa shape index (κ1) is 20.8. The number of Topliss-reactive ketones (excluding diaryl/α,β-unsaturated/α-hetero) is 1. The van der Waals surface area contributed by atoms with Gasteiger partial charge in [0, 0.05) is 42.1 Å². The van der Waals surface area contributed by atoms with E-state index in [1.807, 2.05) is 55.5 Å². The first-order valence-electron chi connectivity index (χ1n) is 10.7. The summed E-state index contributed by atoms with van der Waals surface area (Å²) in [5, 5.41) is 7.70. The highest BCUT2D eigenvalue weighted by atomic mass is 16.5. The van der Waals surface area contributed by atoms with E-state index >= 15 is 0 Å². The Morgan fingerprint density at radius 3 is 2.48 bits per heavy atom. The van der Waals surface area contributed by atoms with Crippen LogP contribution in [0, 0.1) is 5.92 Å². The van der Waals surface area contributed by atoms with Crippen LogP contribution >= 0.6 is 0 Å². The average molecular weight is 418 g/mol. The minimum atomic E-state index is -0.0483. The molecule has 160 valence electrons. The van der Waals surface area contributed by atoms with Crippen LogP contribution < -0.4 is 15.5 Å². The lowest BCUT2D eigenvalue weighted by atomic mass is 9.90. The number of nitrogens with zero attached hydrogens (tertiary/aromatic N) is 1. The van der Waals surface area contributed by atoms with Crippen molar-refractivity contribution in [1.29, 1.82) is 0 Å². The third-order valence-electron chi connectivity index (χ3n) is 5.81. The van der Waals surface area contributed by atoms with E-state index in [1.54, 1.807) is 7.11 Å². The molecule has 6 nitrogen and oxygen atoms in total. The van der Waals surface area contributed by atoms with Crippen molar-refractivity contribution in [3.63, 3.8) is 0 Å². The SMILES string of the molecule is COc1ccc(CC2=C(Nc3ccc(C4=NNC(=O)CC4C)cc3)CCCC2=O)cc1. The van der Waals surface area contributed by atoms with E-state index in [2.05, 4.69) is 15.8 Å². The summed E-state index contributed by atoms with van der Waals surface area (Å²) in [7, 11) is 1.65. The standard InChI is InChI=1S/C25H27N3O3/c1-16-14-24(30)27-28-25(16)18-8-10-19(11-9-18)26-22-4-3-5-23(29)21(22)15-17-6-12-20(31-2)13-7-17/h6-13,16,26H,3-5,14-15H2,1-2H3,(H,27,30). The van der Waals surface area contributed by atoms with Crippen molar-refractivity contribution in [3.05, 3.63) is 70.9 Å². The molecule has 31 heavy (non-hydrogen) atoms. The first-order valence-corrected chi connectivity index (χ1v) is 10.7. The van der Waals surface area contributed by atoms with Crippen molar-refractivity contribution >= 4 is 23.1 Å². The molecular weight excluding hydrogens is 390 g/mol. The zero-order chi connectivity index (χ0) is 21.8. The molecule has 2 aromatic carbocycles. The van der Waals surface area contributed by atoms with E-state index in [9.17, 15) is 9.59 Å². The fourth-order valence-corrected chi connectivity index (χ4v) is 4.09. The minimum Gasteiger partial charge on any atom is -0.497 e. The first-order chi connectivity index (χ1) is 15.0. The Labute approximate surface area is 182 Å². The smallest absolute Gasteiger partial charge is 0.240 e. The highest BCUT2D eigenvalue weighted by Crippen LogP contribution is 2.28. The molecule has 1 amide bonds. The molecule has 0 saturated heterocycles. The maximum atomic E-state index is 12.7. The summed E-state index contributed by atoms with van der Waals surface area (Å²) in [4.78, 5) is 24.2. The second-order valence-corrected chi connectivity index (χ2v) is 8.10. The Kier molecular flexibility index (Phi) is 6.16. The highest BCUT2D eigenvalue weighted by Gasteiger charge is 2.23. The Balaban J connectivity index is 1.53. The van der Waals surface area contributed by atoms with Crippen molar-refractivity contribution < 1.29 is 14.3 Å².